The molecule has 1 nitrogen and oxygen atoms in total. The molecule has 1 heteroatoms. The molecule has 142 valence electrons. The highest BCUT2D eigenvalue weighted by Gasteiger charge is 2.54. The van der Waals surface area contributed by atoms with Gasteiger partial charge in [-0.05, 0) is 74.2 Å². The third-order valence-electron chi connectivity index (χ3n) is 7.24. The zero-order valence-electron chi connectivity index (χ0n) is 16.8. The highest BCUT2D eigenvalue weighted by atomic mass is 16.5. The topological polar surface area (TPSA) is 9.23 Å². The molecule has 7 rings (SSSR count). The molecule has 0 aromatic heterocycles. The lowest BCUT2D eigenvalue weighted by molar-refractivity contribution is 0.414. The van der Waals surface area contributed by atoms with Crippen LogP contribution in [0, 0.1) is 0 Å². The summed E-state index contributed by atoms with van der Waals surface area (Å²) in [6.45, 7) is 0. The van der Waals surface area contributed by atoms with Crippen LogP contribution in [0.5, 0.6) is 5.75 Å². The second kappa shape index (κ2) is 5.52. The standard InChI is InChI=1S/C29H20O/c1-30-19-15-14-18-16-24-22-10-4-7-13-27(22)29(28(24)23(18)17-19)25-11-5-2-8-20(25)21-9-3-6-12-26(21)29/h2-15,17H,16H2,1H3. The summed E-state index contributed by atoms with van der Waals surface area (Å²) in [5.41, 5.74) is 13.7. The first kappa shape index (κ1) is 16.2. The Morgan fingerprint density at radius 1 is 0.633 bits per heavy atom. The highest BCUT2D eigenvalue weighted by molar-refractivity contribution is 6.12. The predicted octanol–water partition coefficient (Wildman–Crippen LogP) is 6.49. The fraction of sp³-hybridized carbons (Fsp3) is 0.103. The van der Waals surface area contributed by atoms with Crippen molar-refractivity contribution in [2.75, 3.05) is 7.11 Å². The molecule has 0 amide bonds. The maximum atomic E-state index is 5.63. The number of rotatable bonds is 1. The number of benzene rings is 4. The van der Waals surface area contributed by atoms with Crippen molar-refractivity contribution in [2.24, 2.45) is 0 Å². The number of allylic oxidation sites excluding steroid dienone is 2. The molecule has 0 heterocycles. The van der Waals surface area contributed by atoms with Crippen molar-refractivity contribution in [3.63, 3.8) is 0 Å². The average molecular weight is 384 g/mol. The Kier molecular flexibility index (Phi) is 2.99. The number of methoxy groups -OCH3 is 1. The summed E-state index contributed by atoms with van der Waals surface area (Å²) in [7, 11) is 1.76. The second-order valence-corrected chi connectivity index (χ2v) is 8.44. The van der Waals surface area contributed by atoms with Gasteiger partial charge in [0, 0.05) is 0 Å². The van der Waals surface area contributed by atoms with Crippen LogP contribution in [0.3, 0.4) is 0 Å². The fourth-order valence-electron chi connectivity index (χ4n) is 6.17. The Morgan fingerprint density at radius 3 is 1.83 bits per heavy atom. The smallest absolute Gasteiger partial charge is 0.119 e. The Balaban J connectivity index is 1.67. The van der Waals surface area contributed by atoms with Crippen molar-refractivity contribution < 1.29 is 4.74 Å². The van der Waals surface area contributed by atoms with Crippen LogP contribution in [0.15, 0.2) is 91.0 Å². The third kappa shape index (κ3) is 1.71. The number of hydrogen-bond acceptors (Lipinski definition) is 1. The zero-order chi connectivity index (χ0) is 19.9. The van der Waals surface area contributed by atoms with Gasteiger partial charge >= 0.3 is 0 Å². The monoisotopic (exact) mass is 384 g/mol. The Labute approximate surface area is 176 Å². The van der Waals surface area contributed by atoms with Crippen LogP contribution in [0.25, 0.3) is 22.3 Å². The molecular weight excluding hydrogens is 364 g/mol. The van der Waals surface area contributed by atoms with Crippen molar-refractivity contribution in [2.45, 2.75) is 11.8 Å². The van der Waals surface area contributed by atoms with Gasteiger partial charge in [-0.2, -0.15) is 0 Å². The summed E-state index contributed by atoms with van der Waals surface area (Å²) in [4.78, 5) is 0. The maximum absolute atomic E-state index is 5.63. The first-order chi connectivity index (χ1) is 14.8. The van der Waals surface area contributed by atoms with E-state index in [1.165, 1.54) is 55.7 Å². The maximum Gasteiger partial charge on any atom is 0.119 e. The Hall–Kier alpha value is -3.58. The van der Waals surface area contributed by atoms with Crippen LogP contribution >= 0.6 is 0 Å². The molecule has 0 atom stereocenters. The van der Waals surface area contributed by atoms with Gasteiger partial charge in [0.2, 0.25) is 0 Å². The van der Waals surface area contributed by atoms with Gasteiger partial charge in [-0.25, -0.2) is 0 Å². The van der Waals surface area contributed by atoms with E-state index in [4.69, 9.17) is 4.74 Å². The van der Waals surface area contributed by atoms with Crippen LogP contribution in [0.1, 0.15) is 33.4 Å². The van der Waals surface area contributed by atoms with E-state index in [0.29, 0.717) is 0 Å². The first-order valence-electron chi connectivity index (χ1n) is 10.5. The summed E-state index contributed by atoms with van der Waals surface area (Å²) in [5.74, 6) is 0.924. The fourth-order valence-corrected chi connectivity index (χ4v) is 6.17. The van der Waals surface area contributed by atoms with Crippen molar-refractivity contribution in [1.82, 2.24) is 0 Å². The molecule has 0 saturated carbocycles. The van der Waals surface area contributed by atoms with Crippen LogP contribution in [-0.2, 0) is 11.8 Å². The van der Waals surface area contributed by atoms with Gasteiger partial charge in [0.05, 0.1) is 12.5 Å². The minimum absolute atomic E-state index is 0.253. The summed E-state index contributed by atoms with van der Waals surface area (Å²) < 4.78 is 5.63. The Bertz CT molecular complexity index is 1360. The number of ether oxygens (including phenoxy) is 1. The van der Waals surface area contributed by atoms with Crippen LogP contribution in [0.2, 0.25) is 0 Å². The van der Waals surface area contributed by atoms with Crippen molar-refractivity contribution >= 4 is 11.1 Å². The van der Waals surface area contributed by atoms with E-state index in [1.54, 1.807) is 7.11 Å². The minimum Gasteiger partial charge on any atom is -0.497 e. The molecule has 0 unspecified atom stereocenters. The van der Waals surface area contributed by atoms with Crippen LogP contribution in [0.4, 0.5) is 0 Å². The van der Waals surface area contributed by atoms with Gasteiger partial charge in [0.1, 0.15) is 5.75 Å². The van der Waals surface area contributed by atoms with E-state index in [9.17, 15) is 0 Å². The molecule has 0 radical (unpaired) electrons. The molecule has 3 aliphatic rings. The van der Waals surface area contributed by atoms with E-state index in [0.717, 1.165) is 12.2 Å². The van der Waals surface area contributed by atoms with E-state index >= 15 is 0 Å². The van der Waals surface area contributed by atoms with Gasteiger partial charge in [-0.1, -0.05) is 78.9 Å². The largest absolute Gasteiger partial charge is 0.497 e. The molecule has 4 aromatic carbocycles. The van der Waals surface area contributed by atoms with Gasteiger partial charge in [-0.3, -0.25) is 0 Å². The minimum atomic E-state index is -0.253. The Morgan fingerprint density at radius 2 is 1.20 bits per heavy atom. The van der Waals surface area contributed by atoms with Gasteiger partial charge in [0.25, 0.3) is 0 Å². The zero-order valence-corrected chi connectivity index (χ0v) is 16.8. The molecule has 3 aliphatic carbocycles. The van der Waals surface area contributed by atoms with Gasteiger partial charge < -0.3 is 4.74 Å². The average Bonchev–Trinajstić information content (AvgIpc) is 3.42. The van der Waals surface area contributed by atoms with E-state index in [-0.39, 0.29) is 5.41 Å². The van der Waals surface area contributed by atoms with Crippen LogP contribution < -0.4 is 4.74 Å². The van der Waals surface area contributed by atoms with E-state index < -0.39 is 0 Å². The summed E-state index contributed by atoms with van der Waals surface area (Å²) in [6.07, 6.45) is 0.984. The van der Waals surface area contributed by atoms with E-state index in [1.807, 2.05) is 0 Å². The first-order valence-corrected chi connectivity index (χ1v) is 10.5. The molecular formula is C29H20O. The lowest BCUT2D eigenvalue weighted by atomic mass is 9.68. The number of fused-ring (bicyclic) bond motifs is 11. The molecule has 4 aromatic rings. The SMILES string of the molecule is COc1ccc2c(c1)C1=C(C2)c2ccccc2C12c1ccccc1-c1ccccc12. The summed E-state index contributed by atoms with van der Waals surface area (Å²) >= 11 is 0. The quantitative estimate of drug-likeness (QED) is 0.364. The molecule has 0 saturated heterocycles. The molecule has 0 fully saturated rings. The lowest BCUT2D eigenvalue weighted by Crippen LogP contribution is -2.26. The lowest BCUT2D eigenvalue weighted by Gasteiger charge is -2.33. The number of hydrogen-bond donors (Lipinski definition) is 0. The van der Waals surface area contributed by atoms with Crippen molar-refractivity contribution in [1.29, 1.82) is 0 Å². The van der Waals surface area contributed by atoms with Gasteiger partial charge in [0.15, 0.2) is 0 Å². The highest BCUT2D eigenvalue weighted by Crippen LogP contribution is 2.66. The van der Waals surface area contributed by atoms with Crippen molar-refractivity contribution in [3.05, 3.63) is 124 Å². The molecule has 0 bridgehead atoms. The normalized spacial score (nSPS) is 16.2. The summed E-state index contributed by atoms with van der Waals surface area (Å²) in [5, 5.41) is 0. The molecule has 0 aliphatic heterocycles. The second-order valence-electron chi connectivity index (χ2n) is 8.44. The third-order valence-corrected chi connectivity index (χ3v) is 7.24. The predicted molar refractivity (Wildman–Crippen MR) is 122 cm³/mol. The van der Waals surface area contributed by atoms with Gasteiger partial charge in [-0.15, -0.1) is 0 Å². The summed E-state index contributed by atoms with van der Waals surface area (Å²) in [6, 6.07) is 33.5. The van der Waals surface area contributed by atoms with Crippen molar-refractivity contribution in [3.8, 4) is 16.9 Å². The van der Waals surface area contributed by atoms with Crippen LogP contribution in [-0.4, -0.2) is 7.11 Å². The molecule has 1 spiro atoms. The molecule has 30 heavy (non-hydrogen) atoms. The van der Waals surface area contributed by atoms with E-state index in [2.05, 4.69) is 91.0 Å². The molecule has 0 N–H and O–H groups in total.